The van der Waals surface area contributed by atoms with Crippen molar-refractivity contribution in [2.24, 2.45) is 17.3 Å². The molecule has 0 aromatic rings. The summed E-state index contributed by atoms with van der Waals surface area (Å²) in [7, 11) is 0. The van der Waals surface area contributed by atoms with E-state index >= 15 is 0 Å². The van der Waals surface area contributed by atoms with Gasteiger partial charge in [-0.05, 0) is 42.9 Å². The molecule has 1 heterocycles. The zero-order valence-electron chi connectivity index (χ0n) is 12.2. The molecular weight excluding hydrogens is 258 g/mol. The number of carbonyl (C=O) groups is 1. The van der Waals surface area contributed by atoms with E-state index in [2.05, 4.69) is 19.2 Å². The first-order chi connectivity index (χ1) is 8.98. The van der Waals surface area contributed by atoms with Crippen LogP contribution >= 0.6 is 11.8 Å². The Labute approximate surface area is 120 Å². The number of carboxylic acids is 1. The van der Waals surface area contributed by atoms with Crippen LogP contribution in [0.5, 0.6) is 0 Å². The van der Waals surface area contributed by atoms with Gasteiger partial charge in [-0.25, -0.2) is 0 Å². The van der Waals surface area contributed by atoms with Crippen LogP contribution in [0.15, 0.2) is 0 Å². The van der Waals surface area contributed by atoms with Gasteiger partial charge in [0.15, 0.2) is 0 Å². The molecule has 0 bridgehead atoms. The zero-order valence-corrected chi connectivity index (χ0v) is 13.0. The third-order valence-corrected chi connectivity index (χ3v) is 6.13. The minimum Gasteiger partial charge on any atom is -0.481 e. The maximum Gasteiger partial charge on any atom is 0.306 e. The van der Waals surface area contributed by atoms with Gasteiger partial charge in [0.25, 0.3) is 0 Å². The van der Waals surface area contributed by atoms with Crippen molar-refractivity contribution in [2.45, 2.75) is 52.0 Å². The van der Waals surface area contributed by atoms with Crippen molar-refractivity contribution in [3.63, 3.8) is 0 Å². The summed E-state index contributed by atoms with van der Waals surface area (Å²) in [5.74, 6) is 2.04. The Morgan fingerprint density at radius 2 is 2.11 bits per heavy atom. The Balaban J connectivity index is 1.81. The third kappa shape index (κ3) is 4.38. The molecule has 2 N–H and O–H groups in total. The van der Waals surface area contributed by atoms with Crippen LogP contribution in [0.3, 0.4) is 0 Å². The molecule has 3 nitrogen and oxygen atoms in total. The van der Waals surface area contributed by atoms with Crippen LogP contribution in [-0.4, -0.2) is 35.2 Å². The van der Waals surface area contributed by atoms with E-state index in [9.17, 15) is 9.90 Å². The number of nitrogens with one attached hydrogen (secondary N) is 1. The quantitative estimate of drug-likeness (QED) is 0.833. The predicted octanol–water partition coefficient (Wildman–Crippen LogP) is 3.00. The van der Waals surface area contributed by atoms with Crippen molar-refractivity contribution in [3.05, 3.63) is 0 Å². The van der Waals surface area contributed by atoms with Gasteiger partial charge in [-0.3, -0.25) is 4.79 Å². The average Bonchev–Trinajstić information content (AvgIpc) is 2.35. The van der Waals surface area contributed by atoms with Crippen LogP contribution in [0.1, 0.15) is 46.0 Å². The predicted molar refractivity (Wildman–Crippen MR) is 80.6 cm³/mol. The van der Waals surface area contributed by atoms with Crippen LogP contribution in [-0.2, 0) is 4.79 Å². The second kappa shape index (κ2) is 6.49. The molecule has 2 aliphatic rings. The van der Waals surface area contributed by atoms with Gasteiger partial charge in [0, 0.05) is 11.8 Å². The van der Waals surface area contributed by atoms with Crippen LogP contribution in [0.2, 0.25) is 0 Å². The highest BCUT2D eigenvalue weighted by atomic mass is 32.2. The molecule has 0 spiro atoms. The molecule has 0 amide bonds. The highest BCUT2D eigenvalue weighted by molar-refractivity contribution is 7.99. The Bertz CT molecular complexity index is 319. The minimum atomic E-state index is -0.593. The molecule has 1 aliphatic heterocycles. The third-order valence-electron chi connectivity index (χ3n) is 4.51. The average molecular weight is 285 g/mol. The molecule has 4 heteroatoms. The number of hydrogen-bond acceptors (Lipinski definition) is 3. The molecule has 1 saturated carbocycles. The Hall–Kier alpha value is -0.220. The second-order valence-electron chi connectivity index (χ2n) is 6.98. The van der Waals surface area contributed by atoms with Crippen LogP contribution < -0.4 is 5.32 Å². The fraction of sp³-hybridized carbons (Fsp3) is 0.933. The van der Waals surface area contributed by atoms with Crippen molar-refractivity contribution < 1.29 is 9.90 Å². The molecular formula is C15H27NO2S. The smallest absolute Gasteiger partial charge is 0.306 e. The Kier molecular flexibility index (Phi) is 5.18. The van der Waals surface area contributed by atoms with Gasteiger partial charge in [-0.2, -0.15) is 11.8 Å². The fourth-order valence-electron chi connectivity index (χ4n) is 3.49. The number of thioether (sulfide) groups is 1. The molecule has 110 valence electrons. The summed E-state index contributed by atoms with van der Waals surface area (Å²) in [4.78, 5) is 11.3. The summed E-state index contributed by atoms with van der Waals surface area (Å²) in [6.45, 7) is 5.54. The highest BCUT2D eigenvalue weighted by Crippen LogP contribution is 2.34. The summed E-state index contributed by atoms with van der Waals surface area (Å²) >= 11 is 2.02. The van der Waals surface area contributed by atoms with E-state index in [1.807, 2.05) is 11.8 Å². The van der Waals surface area contributed by atoms with Crippen LogP contribution in [0.25, 0.3) is 0 Å². The fourth-order valence-corrected chi connectivity index (χ4v) is 4.80. The lowest BCUT2D eigenvalue weighted by Gasteiger charge is -2.37. The topological polar surface area (TPSA) is 49.3 Å². The van der Waals surface area contributed by atoms with Crippen molar-refractivity contribution in [1.29, 1.82) is 0 Å². The second-order valence-corrected chi connectivity index (χ2v) is 8.01. The van der Waals surface area contributed by atoms with E-state index in [1.165, 1.54) is 24.3 Å². The van der Waals surface area contributed by atoms with Gasteiger partial charge in [-0.15, -0.1) is 0 Å². The molecule has 1 saturated heterocycles. The Morgan fingerprint density at radius 3 is 2.79 bits per heavy atom. The monoisotopic (exact) mass is 285 g/mol. The van der Waals surface area contributed by atoms with Crippen molar-refractivity contribution in [1.82, 2.24) is 5.32 Å². The summed E-state index contributed by atoms with van der Waals surface area (Å²) in [6.07, 6.45) is 5.44. The van der Waals surface area contributed by atoms with Crippen molar-refractivity contribution in [3.8, 4) is 0 Å². The largest absolute Gasteiger partial charge is 0.481 e. The molecule has 0 aromatic carbocycles. The standard InChI is InChI=1S/C15H27NO2S/c1-15(2)7-12(9-19-10-15)16-8-11-5-3-4-6-13(11)14(17)18/h11-13,16H,3-10H2,1-2H3,(H,17,18). The first kappa shape index (κ1) is 15.2. The maximum absolute atomic E-state index is 11.3. The zero-order chi connectivity index (χ0) is 13.9. The van der Waals surface area contributed by atoms with Crippen LogP contribution in [0.4, 0.5) is 0 Å². The first-order valence-corrected chi connectivity index (χ1v) is 8.67. The van der Waals surface area contributed by atoms with Gasteiger partial charge in [0.05, 0.1) is 5.92 Å². The highest BCUT2D eigenvalue weighted by Gasteiger charge is 2.32. The van der Waals surface area contributed by atoms with Crippen molar-refractivity contribution >= 4 is 17.7 Å². The molecule has 0 aromatic heterocycles. The summed E-state index contributed by atoms with van der Waals surface area (Å²) < 4.78 is 0. The summed E-state index contributed by atoms with van der Waals surface area (Å²) in [5.41, 5.74) is 0.416. The van der Waals surface area contributed by atoms with E-state index in [0.29, 0.717) is 17.4 Å². The maximum atomic E-state index is 11.3. The lowest BCUT2D eigenvalue weighted by Crippen LogP contribution is -2.44. The molecule has 2 rings (SSSR count). The van der Waals surface area contributed by atoms with Crippen molar-refractivity contribution in [2.75, 3.05) is 18.1 Å². The lowest BCUT2D eigenvalue weighted by atomic mass is 9.79. The van der Waals surface area contributed by atoms with E-state index in [0.717, 1.165) is 25.8 Å². The number of rotatable bonds is 4. The number of carboxylic acid groups (broad SMARTS) is 1. The molecule has 0 radical (unpaired) electrons. The van der Waals surface area contributed by atoms with Gasteiger partial charge in [-0.1, -0.05) is 26.7 Å². The minimum absolute atomic E-state index is 0.120. The number of hydrogen-bond donors (Lipinski definition) is 2. The normalized spacial score (nSPS) is 34.9. The van der Waals surface area contributed by atoms with E-state index < -0.39 is 5.97 Å². The van der Waals surface area contributed by atoms with Gasteiger partial charge in [0.1, 0.15) is 0 Å². The summed E-state index contributed by atoms with van der Waals surface area (Å²) in [6, 6.07) is 0.560. The van der Waals surface area contributed by atoms with Gasteiger partial charge < -0.3 is 10.4 Å². The lowest BCUT2D eigenvalue weighted by molar-refractivity contribution is -0.144. The van der Waals surface area contributed by atoms with Gasteiger partial charge >= 0.3 is 5.97 Å². The molecule has 3 atom stereocenters. The van der Waals surface area contributed by atoms with Crippen LogP contribution in [0, 0.1) is 17.3 Å². The number of aliphatic carboxylic acids is 1. The van der Waals surface area contributed by atoms with Gasteiger partial charge in [0.2, 0.25) is 0 Å². The molecule has 1 aliphatic carbocycles. The van der Waals surface area contributed by atoms with E-state index in [4.69, 9.17) is 0 Å². The molecule has 19 heavy (non-hydrogen) atoms. The summed E-state index contributed by atoms with van der Waals surface area (Å²) in [5, 5.41) is 12.9. The van der Waals surface area contributed by atoms with E-state index in [-0.39, 0.29) is 5.92 Å². The SMILES string of the molecule is CC1(C)CSCC(NCC2CCCCC2C(=O)O)C1. The van der Waals surface area contributed by atoms with E-state index in [1.54, 1.807) is 0 Å². The molecule has 2 fully saturated rings. The Morgan fingerprint density at radius 1 is 1.37 bits per heavy atom. The first-order valence-electron chi connectivity index (χ1n) is 7.52. The molecule has 3 unspecified atom stereocenters.